The number of nitrogens with two attached hydrogens (primary N) is 1. The van der Waals surface area contributed by atoms with E-state index in [-0.39, 0.29) is 17.9 Å². The van der Waals surface area contributed by atoms with Gasteiger partial charge < -0.3 is 15.4 Å². The quantitative estimate of drug-likeness (QED) is 0.709. The number of ether oxygens (including phenoxy) is 1. The maximum atomic E-state index is 11.8. The highest BCUT2D eigenvalue weighted by molar-refractivity contribution is 5.82. The lowest BCUT2D eigenvalue weighted by Gasteiger charge is -2.30. The highest BCUT2D eigenvalue weighted by Gasteiger charge is 2.25. The van der Waals surface area contributed by atoms with Crippen LogP contribution in [0.3, 0.4) is 0 Å². The summed E-state index contributed by atoms with van der Waals surface area (Å²) in [6, 6.07) is -0.349. The Hall–Kier alpha value is -0.610. The summed E-state index contributed by atoms with van der Waals surface area (Å²) in [6.07, 6.45) is 0.942. The predicted octanol–water partition coefficient (Wildman–Crippen LogP) is 0.219. The molecule has 0 unspecified atom stereocenters. The molecule has 4 nitrogen and oxygen atoms in total. The second-order valence-corrected chi connectivity index (χ2v) is 3.85. The molecule has 0 bridgehead atoms. The van der Waals surface area contributed by atoms with Crippen LogP contribution in [0.5, 0.6) is 0 Å². The topological polar surface area (TPSA) is 55.6 Å². The SMILES string of the molecule is CC[C@@H](C)[C@H](N)C(=O)N1CCOCC1. The highest BCUT2D eigenvalue weighted by Crippen LogP contribution is 2.09. The van der Waals surface area contributed by atoms with E-state index in [0.29, 0.717) is 26.3 Å². The van der Waals surface area contributed by atoms with Gasteiger partial charge in [0.25, 0.3) is 0 Å². The zero-order valence-corrected chi connectivity index (χ0v) is 9.03. The second kappa shape index (κ2) is 5.32. The number of hydrogen-bond acceptors (Lipinski definition) is 3. The van der Waals surface area contributed by atoms with E-state index in [0.717, 1.165) is 6.42 Å². The van der Waals surface area contributed by atoms with Gasteiger partial charge in [-0.05, 0) is 5.92 Å². The Balaban J connectivity index is 2.46. The van der Waals surface area contributed by atoms with Crippen molar-refractivity contribution in [1.29, 1.82) is 0 Å². The summed E-state index contributed by atoms with van der Waals surface area (Å²) in [5.74, 6) is 0.327. The Bertz CT molecular complexity index is 187. The summed E-state index contributed by atoms with van der Waals surface area (Å²) < 4.78 is 5.18. The Kier molecular flexibility index (Phi) is 4.35. The maximum Gasteiger partial charge on any atom is 0.239 e. The molecule has 2 N–H and O–H groups in total. The summed E-state index contributed by atoms with van der Waals surface area (Å²) in [5, 5.41) is 0. The molecule has 1 fully saturated rings. The summed E-state index contributed by atoms with van der Waals surface area (Å²) in [5.41, 5.74) is 5.87. The lowest BCUT2D eigenvalue weighted by atomic mass is 9.99. The molecule has 1 aliphatic rings. The maximum absolute atomic E-state index is 11.8. The van der Waals surface area contributed by atoms with Crippen LogP contribution in [0.4, 0.5) is 0 Å². The summed E-state index contributed by atoms with van der Waals surface area (Å²) >= 11 is 0. The zero-order valence-electron chi connectivity index (χ0n) is 9.03. The Labute approximate surface area is 85.4 Å². The molecule has 0 saturated carbocycles. The lowest BCUT2D eigenvalue weighted by Crippen LogP contribution is -2.50. The van der Waals surface area contributed by atoms with Crippen LogP contribution in [-0.4, -0.2) is 43.2 Å². The minimum Gasteiger partial charge on any atom is -0.378 e. The molecule has 0 aromatic rings. The van der Waals surface area contributed by atoms with Gasteiger partial charge in [-0.3, -0.25) is 4.79 Å². The van der Waals surface area contributed by atoms with Crippen LogP contribution in [0.15, 0.2) is 0 Å². The fourth-order valence-electron chi connectivity index (χ4n) is 1.49. The molecule has 1 aliphatic heterocycles. The highest BCUT2D eigenvalue weighted by atomic mass is 16.5. The van der Waals surface area contributed by atoms with Gasteiger partial charge in [0.2, 0.25) is 5.91 Å². The van der Waals surface area contributed by atoms with E-state index in [1.54, 1.807) is 4.90 Å². The van der Waals surface area contributed by atoms with Crippen LogP contribution >= 0.6 is 0 Å². The van der Waals surface area contributed by atoms with Crippen molar-refractivity contribution < 1.29 is 9.53 Å². The zero-order chi connectivity index (χ0) is 10.6. The van der Waals surface area contributed by atoms with E-state index in [9.17, 15) is 4.79 Å². The van der Waals surface area contributed by atoms with Crippen LogP contribution < -0.4 is 5.73 Å². The predicted molar refractivity (Wildman–Crippen MR) is 54.8 cm³/mol. The Morgan fingerprint density at radius 1 is 1.50 bits per heavy atom. The number of carbonyl (C=O) groups excluding carboxylic acids is 1. The average molecular weight is 200 g/mol. The first kappa shape index (κ1) is 11.5. The smallest absolute Gasteiger partial charge is 0.239 e. The van der Waals surface area contributed by atoms with E-state index in [4.69, 9.17) is 10.5 Å². The third kappa shape index (κ3) is 2.69. The molecule has 4 heteroatoms. The first-order valence-electron chi connectivity index (χ1n) is 5.29. The lowest BCUT2D eigenvalue weighted by molar-refractivity contribution is -0.137. The van der Waals surface area contributed by atoms with Gasteiger partial charge in [-0.2, -0.15) is 0 Å². The molecule has 1 saturated heterocycles. The molecule has 1 heterocycles. The summed E-state index contributed by atoms with van der Waals surface area (Å²) in [6.45, 7) is 6.71. The minimum absolute atomic E-state index is 0.0719. The van der Waals surface area contributed by atoms with Crippen molar-refractivity contribution in [1.82, 2.24) is 4.90 Å². The van der Waals surface area contributed by atoms with Crippen molar-refractivity contribution in [3.63, 3.8) is 0 Å². The fourth-order valence-corrected chi connectivity index (χ4v) is 1.49. The molecule has 0 aromatic heterocycles. The Morgan fingerprint density at radius 3 is 2.57 bits per heavy atom. The molecule has 0 spiro atoms. The van der Waals surface area contributed by atoms with E-state index in [2.05, 4.69) is 6.92 Å². The molecule has 82 valence electrons. The molecule has 14 heavy (non-hydrogen) atoms. The summed E-state index contributed by atoms with van der Waals surface area (Å²) in [4.78, 5) is 13.6. The van der Waals surface area contributed by atoms with Crippen LogP contribution in [0.2, 0.25) is 0 Å². The van der Waals surface area contributed by atoms with E-state index >= 15 is 0 Å². The number of carbonyl (C=O) groups is 1. The molecular weight excluding hydrogens is 180 g/mol. The second-order valence-electron chi connectivity index (χ2n) is 3.85. The van der Waals surface area contributed by atoms with Gasteiger partial charge in [0.15, 0.2) is 0 Å². The fraction of sp³-hybridized carbons (Fsp3) is 0.900. The molecule has 0 radical (unpaired) electrons. The largest absolute Gasteiger partial charge is 0.378 e. The van der Waals surface area contributed by atoms with Crippen LogP contribution in [0, 0.1) is 5.92 Å². The molecule has 2 atom stereocenters. The van der Waals surface area contributed by atoms with Gasteiger partial charge in [0, 0.05) is 13.1 Å². The van der Waals surface area contributed by atoms with Crippen molar-refractivity contribution in [3.8, 4) is 0 Å². The standard InChI is InChI=1S/C10H20N2O2/c1-3-8(2)9(11)10(13)12-4-6-14-7-5-12/h8-9H,3-7,11H2,1-2H3/t8-,9+/m1/s1. The van der Waals surface area contributed by atoms with Crippen molar-refractivity contribution in [2.24, 2.45) is 11.7 Å². The van der Waals surface area contributed by atoms with Crippen molar-refractivity contribution in [3.05, 3.63) is 0 Å². The van der Waals surface area contributed by atoms with Crippen molar-refractivity contribution in [2.75, 3.05) is 26.3 Å². The van der Waals surface area contributed by atoms with Gasteiger partial charge in [-0.25, -0.2) is 0 Å². The van der Waals surface area contributed by atoms with Gasteiger partial charge in [-0.1, -0.05) is 20.3 Å². The number of rotatable bonds is 3. The molecular formula is C10H20N2O2. The van der Waals surface area contributed by atoms with E-state index < -0.39 is 0 Å². The molecule has 1 rings (SSSR count). The van der Waals surface area contributed by atoms with Gasteiger partial charge in [0.1, 0.15) is 0 Å². The number of hydrogen-bond donors (Lipinski definition) is 1. The van der Waals surface area contributed by atoms with E-state index in [1.165, 1.54) is 0 Å². The number of nitrogens with zero attached hydrogens (tertiary/aromatic N) is 1. The number of amides is 1. The normalized spacial score (nSPS) is 21.8. The first-order chi connectivity index (χ1) is 6.66. The monoisotopic (exact) mass is 200 g/mol. The molecule has 1 amide bonds. The molecule has 0 aliphatic carbocycles. The van der Waals surface area contributed by atoms with E-state index in [1.807, 2.05) is 6.92 Å². The molecule has 0 aromatic carbocycles. The van der Waals surface area contributed by atoms with Crippen molar-refractivity contribution in [2.45, 2.75) is 26.3 Å². The summed E-state index contributed by atoms with van der Waals surface area (Å²) in [7, 11) is 0. The first-order valence-corrected chi connectivity index (χ1v) is 5.29. The van der Waals surface area contributed by atoms with Gasteiger partial charge >= 0.3 is 0 Å². The van der Waals surface area contributed by atoms with Gasteiger partial charge in [-0.15, -0.1) is 0 Å². The van der Waals surface area contributed by atoms with Crippen LogP contribution in [0.1, 0.15) is 20.3 Å². The average Bonchev–Trinajstić information content (AvgIpc) is 2.27. The van der Waals surface area contributed by atoms with Gasteiger partial charge in [0.05, 0.1) is 19.3 Å². The Morgan fingerprint density at radius 2 is 2.07 bits per heavy atom. The minimum atomic E-state index is -0.349. The van der Waals surface area contributed by atoms with Crippen LogP contribution in [-0.2, 0) is 9.53 Å². The van der Waals surface area contributed by atoms with Crippen LogP contribution in [0.25, 0.3) is 0 Å². The third-order valence-electron chi connectivity index (χ3n) is 2.86. The number of morpholine rings is 1. The van der Waals surface area contributed by atoms with Crippen molar-refractivity contribution >= 4 is 5.91 Å². The third-order valence-corrected chi connectivity index (χ3v) is 2.86.